The van der Waals surface area contributed by atoms with Crippen LogP contribution < -0.4 is 0 Å². The number of aromatic nitrogens is 1. The first-order chi connectivity index (χ1) is 8.10. The van der Waals surface area contributed by atoms with Gasteiger partial charge in [0.25, 0.3) is 5.91 Å². The number of hydrogen-bond donors (Lipinski definition) is 2. The molecule has 0 aromatic carbocycles. The van der Waals surface area contributed by atoms with E-state index in [0.29, 0.717) is 6.29 Å². The standard InChI is InChI=1S/C10H12N2O4S/c13-4-6-5-17-9(11-6)10(16)12-2-7(14)1-8(15)3-12/h4-5,7-8,14-15H,1-3H2/t7-,8+. The van der Waals surface area contributed by atoms with Crippen LogP contribution >= 0.6 is 11.3 Å². The summed E-state index contributed by atoms with van der Waals surface area (Å²) in [5.74, 6) is -0.360. The summed E-state index contributed by atoms with van der Waals surface area (Å²) < 4.78 is 0. The van der Waals surface area contributed by atoms with Crippen molar-refractivity contribution in [2.75, 3.05) is 13.1 Å². The van der Waals surface area contributed by atoms with E-state index in [0.717, 1.165) is 11.3 Å². The molecule has 0 bridgehead atoms. The summed E-state index contributed by atoms with van der Waals surface area (Å²) in [4.78, 5) is 27.6. The molecule has 1 aromatic rings. The van der Waals surface area contributed by atoms with Crippen molar-refractivity contribution in [2.45, 2.75) is 18.6 Å². The SMILES string of the molecule is O=Cc1csc(C(=O)N2C[C@H](O)C[C@H](O)C2)n1. The molecule has 92 valence electrons. The lowest BCUT2D eigenvalue weighted by Gasteiger charge is -2.32. The monoisotopic (exact) mass is 256 g/mol. The van der Waals surface area contributed by atoms with Crippen LogP contribution in [-0.4, -0.2) is 57.6 Å². The number of carbonyl (C=O) groups excluding carboxylic acids is 2. The van der Waals surface area contributed by atoms with Gasteiger partial charge in [-0.05, 0) is 0 Å². The number of β-amino-alcohol motifs (C(OH)–C–C–N with tert-alkyl or cyclic N) is 2. The van der Waals surface area contributed by atoms with Crippen LogP contribution in [0.25, 0.3) is 0 Å². The lowest BCUT2D eigenvalue weighted by atomic mass is 10.1. The maximum atomic E-state index is 12.0. The lowest BCUT2D eigenvalue weighted by Crippen LogP contribution is -2.48. The van der Waals surface area contributed by atoms with E-state index >= 15 is 0 Å². The van der Waals surface area contributed by atoms with Gasteiger partial charge in [0.15, 0.2) is 11.3 Å². The van der Waals surface area contributed by atoms with E-state index in [-0.39, 0.29) is 36.1 Å². The molecule has 7 heteroatoms. The number of rotatable bonds is 2. The summed E-state index contributed by atoms with van der Waals surface area (Å²) in [5.41, 5.74) is 0.219. The largest absolute Gasteiger partial charge is 0.391 e. The Labute approximate surface area is 102 Å². The minimum absolute atomic E-state index is 0.186. The van der Waals surface area contributed by atoms with Crippen molar-refractivity contribution in [1.29, 1.82) is 0 Å². The van der Waals surface area contributed by atoms with Gasteiger partial charge in [0.1, 0.15) is 5.69 Å². The Morgan fingerprint density at radius 2 is 2.12 bits per heavy atom. The minimum atomic E-state index is -0.715. The van der Waals surface area contributed by atoms with Crippen molar-refractivity contribution in [1.82, 2.24) is 9.88 Å². The molecule has 0 radical (unpaired) electrons. The second kappa shape index (κ2) is 4.91. The number of likely N-dealkylation sites (tertiary alicyclic amines) is 1. The quantitative estimate of drug-likeness (QED) is 0.698. The first-order valence-corrected chi connectivity index (χ1v) is 6.04. The van der Waals surface area contributed by atoms with Gasteiger partial charge in [0, 0.05) is 24.9 Å². The molecule has 1 saturated heterocycles. The number of hydrogen-bond acceptors (Lipinski definition) is 6. The highest BCUT2D eigenvalue weighted by molar-refractivity contribution is 7.11. The van der Waals surface area contributed by atoms with Gasteiger partial charge >= 0.3 is 0 Å². The maximum Gasteiger partial charge on any atom is 0.283 e. The third-order valence-corrected chi connectivity index (χ3v) is 3.37. The summed E-state index contributed by atoms with van der Waals surface area (Å²) in [6.07, 6.45) is -0.574. The van der Waals surface area contributed by atoms with Gasteiger partial charge in [-0.2, -0.15) is 0 Å². The smallest absolute Gasteiger partial charge is 0.283 e. The predicted octanol–water partition coefficient (Wildman–Crippen LogP) is -0.477. The fourth-order valence-corrected chi connectivity index (χ4v) is 2.51. The van der Waals surface area contributed by atoms with Gasteiger partial charge in [-0.1, -0.05) is 0 Å². The second-order valence-electron chi connectivity index (χ2n) is 3.95. The molecule has 17 heavy (non-hydrogen) atoms. The molecule has 0 unspecified atom stereocenters. The Balaban J connectivity index is 2.11. The Kier molecular flexibility index (Phi) is 3.51. The third-order valence-electron chi connectivity index (χ3n) is 2.52. The number of aldehydes is 1. The molecule has 1 aromatic heterocycles. The fourth-order valence-electron chi connectivity index (χ4n) is 1.79. The molecule has 0 saturated carbocycles. The summed E-state index contributed by atoms with van der Waals surface area (Å²) in [5, 5.41) is 20.6. The van der Waals surface area contributed by atoms with Gasteiger partial charge in [0.05, 0.1) is 12.2 Å². The van der Waals surface area contributed by atoms with Crippen LogP contribution in [0, 0.1) is 0 Å². The molecule has 6 nitrogen and oxygen atoms in total. The molecule has 1 aliphatic rings. The second-order valence-corrected chi connectivity index (χ2v) is 4.81. The lowest BCUT2D eigenvalue weighted by molar-refractivity contribution is -0.00386. The number of thiazole rings is 1. The minimum Gasteiger partial charge on any atom is -0.391 e. The van der Waals surface area contributed by atoms with Crippen molar-refractivity contribution in [3.63, 3.8) is 0 Å². The molecule has 2 rings (SSSR count). The van der Waals surface area contributed by atoms with Gasteiger partial charge < -0.3 is 15.1 Å². The van der Waals surface area contributed by atoms with Crippen LogP contribution in [0.2, 0.25) is 0 Å². The number of aliphatic hydroxyl groups excluding tert-OH is 2. The first-order valence-electron chi connectivity index (χ1n) is 5.16. The number of piperidine rings is 1. The van der Waals surface area contributed by atoms with Crippen molar-refractivity contribution < 1.29 is 19.8 Å². The van der Waals surface area contributed by atoms with E-state index in [1.807, 2.05) is 0 Å². The van der Waals surface area contributed by atoms with Crippen LogP contribution in [-0.2, 0) is 0 Å². The zero-order valence-electron chi connectivity index (χ0n) is 8.94. The maximum absolute atomic E-state index is 12.0. The Bertz CT molecular complexity index is 424. The van der Waals surface area contributed by atoms with Gasteiger partial charge in [0.2, 0.25) is 0 Å². The molecule has 1 aliphatic heterocycles. The van der Waals surface area contributed by atoms with E-state index in [2.05, 4.69) is 4.98 Å². The van der Waals surface area contributed by atoms with Crippen LogP contribution in [0.4, 0.5) is 0 Å². The average Bonchev–Trinajstić information content (AvgIpc) is 2.75. The van der Waals surface area contributed by atoms with E-state index in [9.17, 15) is 19.8 Å². The van der Waals surface area contributed by atoms with Crippen molar-refractivity contribution >= 4 is 23.5 Å². The molecule has 0 aliphatic carbocycles. The van der Waals surface area contributed by atoms with E-state index in [1.165, 1.54) is 10.3 Å². The van der Waals surface area contributed by atoms with Crippen LogP contribution in [0.15, 0.2) is 5.38 Å². The molecule has 2 N–H and O–H groups in total. The normalized spacial score (nSPS) is 24.7. The number of nitrogens with zero attached hydrogens (tertiary/aromatic N) is 2. The number of amides is 1. The van der Waals surface area contributed by atoms with Crippen LogP contribution in [0.3, 0.4) is 0 Å². The molecule has 2 atom stereocenters. The molecule has 2 heterocycles. The van der Waals surface area contributed by atoms with Gasteiger partial charge in [-0.25, -0.2) is 4.98 Å². The molecule has 1 fully saturated rings. The Hall–Kier alpha value is -1.31. The van der Waals surface area contributed by atoms with Crippen LogP contribution in [0.5, 0.6) is 0 Å². The van der Waals surface area contributed by atoms with Gasteiger partial charge in [-0.15, -0.1) is 11.3 Å². The Morgan fingerprint density at radius 1 is 1.47 bits per heavy atom. The van der Waals surface area contributed by atoms with Crippen molar-refractivity contribution in [2.24, 2.45) is 0 Å². The zero-order valence-corrected chi connectivity index (χ0v) is 9.76. The summed E-state index contributed by atoms with van der Waals surface area (Å²) >= 11 is 1.08. The Morgan fingerprint density at radius 3 is 2.65 bits per heavy atom. The predicted molar refractivity (Wildman–Crippen MR) is 60.0 cm³/mol. The molecular weight excluding hydrogens is 244 g/mol. The van der Waals surface area contributed by atoms with E-state index < -0.39 is 12.2 Å². The zero-order chi connectivity index (χ0) is 12.4. The topological polar surface area (TPSA) is 90.7 Å². The van der Waals surface area contributed by atoms with E-state index in [1.54, 1.807) is 0 Å². The molecule has 1 amide bonds. The van der Waals surface area contributed by atoms with Crippen LogP contribution in [0.1, 0.15) is 26.7 Å². The summed E-state index contributed by atoms with van der Waals surface area (Å²) in [6, 6.07) is 0. The van der Waals surface area contributed by atoms with Gasteiger partial charge in [-0.3, -0.25) is 9.59 Å². The third kappa shape index (κ3) is 2.68. The molecule has 0 spiro atoms. The summed E-state index contributed by atoms with van der Waals surface area (Å²) in [7, 11) is 0. The first kappa shape index (κ1) is 12.2. The summed E-state index contributed by atoms with van der Waals surface area (Å²) in [6.45, 7) is 0.373. The highest BCUT2D eigenvalue weighted by Gasteiger charge is 2.29. The highest BCUT2D eigenvalue weighted by Crippen LogP contribution is 2.16. The molecular formula is C10H12N2O4S. The fraction of sp³-hybridized carbons (Fsp3) is 0.500. The highest BCUT2D eigenvalue weighted by atomic mass is 32.1. The van der Waals surface area contributed by atoms with Crippen molar-refractivity contribution in [3.8, 4) is 0 Å². The van der Waals surface area contributed by atoms with Crippen molar-refractivity contribution in [3.05, 3.63) is 16.1 Å². The van der Waals surface area contributed by atoms with E-state index in [4.69, 9.17) is 0 Å². The number of aliphatic hydroxyl groups is 2. The number of carbonyl (C=O) groups is 2. The average molecular weight is 256 g/mol.